The Morgan fingerprint density at radius 3 is 1.38 bits per heavy atom. The van der Waals surface area contributed by atoms with Crippen LogP contribution in [-0.4, -0.2) is 0 Å². The number of hydrogen-bond donors (Lipinski definition) is 0. The van der Waals surface area contributed by atoms with Gasteiger partial charge in [-0.2, -0.15) is 0 Å². The van der Waals surface area contributed by atoms with E-state index in [2.05, 4.69) is 27.0 Å². The van der Waals surface area contributed by atoms with E-state index in [1.54, 1.807) is 0 Å². The van der Waals surface area contributed by atoms with E-state index in [1.807, 2.05) is 0 Å². The molecule has 0 saturated heterocycles. The van der Waals surface area contributed by atoms with E-state index in [-0.39, 0.29) is 0 Å². The summed E-state index contributed by atoms with van der Waals surface area (Å²) in [7, 11) is 0. The molecule has 0 N–H and O–H groups in total. The molecule has 0 amide bonds. The summed E-state index contributed by atoms with van der Waals surface area (Å²) in [6, 6.07) is 0. The Morgan fingerprint density at radius 2 is 1.25 bits per heavy atom. The molecule has 46 valence electrons. The maximum absolute atomic E-state index is 3.84. The molecule has 0 aliphatic rings. The van der Waals surface area contributed by atoms with Crippen LogP contribution in [0.3, 0.4) is 0 Å². The Hall–Kier alpha value is -0.520. The summed E-state index contributed by atoms with van der Waals surface area (Å²) in [5.74, 6) is 0. The van der Waals surface area contributed by atoms with Crippen LogP contribution in [0.2, 0.25) is 0 Å². The smallest absolute Gasteiger partial charge is 0.0311 e. The normalized spacial score (nSPS) is 8.75. The molecule has 0 heteroatoms. The zero-order chi connectivity index (χ0) is 6.57. The average Bonchev–Trinajstić information content (AvgIpc) is 1.84. The molecule has 0 aromatic carbocycles. The molecule has 0 aromatic heterocycles. The third-order valence-corrected chi connectivity index (χ3v) is 1.35. The lowest BCUT2D eigenvalue weighted by molar-refractivity contribution is 1.04. The van der Waals surface area contributed by atoms with Gasteiger partial charge in [0.2, 0.25) is 0 Å². The lowest BCUT2D eigenvalue weighted by atomic mass is 10.1. The summed E-state index contributed by atoms with van der Waals surface area (Å²) in [5, 5.41) is 0. The largest absolute Gasteiger partial charge is 0.0956 e. The van der Waals surface area contributed by atoms with Crippen LogP contribution in [0.15, 0.2) is 24.3 Å². The van der Waals surface area contributed by atoms with Gasteiger partial charge in [-0.05, 0) is 12.8 Å². The van der Waals surface area contributed by atoms with E-state index in [9.17, 15) is 0 Å². The minimum atomic E-state index is 1.03. The molecular weight excluding hydrogens is 96.1 g/mol. The van der Waals surface area contributed by atoms with E-state index in [0.717, 1.165) is 12.8 Å². The summed E-state index contributed by atoms with van der Waals surface area (Å²) < 4.78 is 0. The molecule has 0 rings (SSSR count). The standard InChI is InChI=1S/C8H14/c1-5-7(3)8(4)6-2/h3-6H2,1-2H3. The summed E-state index contributed by atoms with van der Waals surface area (Å²) in [6.07, 6.45) is 2.07. The second kappa shape index (κ2) is 3.48. The first-order valence-electron chi connectivity index (χ1n) is 3.08. The molecule has 0 radical (unpaired) electrons. The van der Waals surface area contributed by atoms with E-state index in [0.29, 0.717) is 0 Å². The van der Waals surface area contributed by atoms with Gasteiger partial charge in [-0.25, -0.2) is 0 Å². The fraction of sp³-hybridized carbons (Fsp3) is 0.500. The molecule has 0 nitrogen and oxygen atoms in total. The highest BCUT2D eigenvalue weighted by Crippen LogP contribution is 2.11. The molecule has 0 saturated carbocycles. The maximum atomic E-state index is 3.84. The topological polar surface area (TPSA) is 0 Å². The van der Waals surface area contributed by atoms with Crippen molar-refractivity contribution in [3.8, 4) is 0 Å². The second-order valence-electron chi connectivity index (χ2n) is 1.91. The summed E-state index contributed by atoms with van der Waals surface area (Å²) in [5.41, 5.74) is 2.38. The van der Waals surface area contributed by atoms with Crippen molar-refractivity contribution in [1.29, 1.82) is 0 Å². The molecule has 0 spiro atoms. The van der Waals surface area contributed by atoms with Crippen molar-refractivity contribution < 1.29 is 0 Å². The fourth-order valence-electron chi connectivity index (χ4n) is 0.500. The van der Waals surface area contributed by atoms with Crippen LogP contribution in [0.4, 0.5) is 0 Å². The van der Waals surface area contributed by atoms with Crippen LogP contribution in [0.1, 0.15) is 26.7 Å². The third-order valence-electron chi connectivity index (χ3n) is 1.35. The zero-order valence-electron chi connectivity index (χ0n) is 5.83. The van der Waals surface area contributed by atoms with E-state index in [4.69, 9.17) is 0 Å². The van der Waals surface area contributed by atoms with Gasteiger partial charge in [0.15, 0.2) is 0 Å². The van der Waals surface area contributed by atoms with Crippen molar-refractivity contribution in [2.24, 2.45) is 0 Å². The number of allylic oxidation sites excluding steroid dienone is 2. The summed E-state index contributed by atoms with van der Waals surface area (Å²) >= 11 is 0. The van der Waals surface area contributed by atoms with Gasteiger partial charge in [0.05, 0.1) is 0 Å². The van der Waals surface area contributed by atoms with Crippen LogP contribution in [0, 0.1) is 0 Å². The molecule has 0 fully saturated rings. The first kappa shape index (κ1) is 7.48. The molecule has 8 heavy (non-hydrogen) atoms. The van der Waals surface area contributed by atoms with E-state index >= 15 is 0 Å². The van der Waals surface area contributed by atoms with Crippen molar-refractivity contribution >= 4 is 0 Å². The van der Waals surface area contributed by atoms with Crippen molar-refractivity contribution in [3.05, 3.63) is 24.3 Å². The van der Waals surface area contributed by atoms with E-state index in [1.165, 1.54) is 11.1 Å². The molecule has 0 atom stereocenters. The Bertz CT molecular complexity index is 84.6. The number of hydrogen-bond acceptors (Lipinski definition) is 0. The minimum absolute atomic E-state index is 1.03. The van der Waals surface area contributed by atoms with Gasteiger partial charge in [-0.15, -0.1) is 0 Å². The minimum Gasteiger partial charge on any atom is -0.0956 e. The highest BCUT2D eigenvalue weighted by molar-refractivity contribution is 5.23. The first-order chi connectivity index (χ1) is 3.72. The molecule has 0 aliphatic carbocycles. The lowest BCUT2D eigenvalue weighted by Crippen LogP contribution is -1.80. The second-order valence-corrected chi connectivity index (χ2v) is 1.91. The van der Waals surface area contributed by atoms with Gasteiger partial charge in [-0.1, -0.05) is 38.2 Å². The first-order valence-corrected chi connectivity index (χ1v) is 3.08. The lowest BCUT2D eigenvalue weighted by Gasteiger charge is -2.00. The SMILES string of the molecule is C=C(CC)C(=C)CC. The van der Waals surface area contributed by atoms with Gasteiger partial charge >= 0.3 is 0 Å². The van der Waals surface area contributed by atoms with Gasteiger partial charge in [-0.3, -0.25) is 0 Å². The Morgan fingerprint density at radius 1 is 1.00 bits per heavy atom. The molecule has 0 aliphatic heterocycles. The predicted molar refractivity (Wildman–Crippen MR) is 38.9 cm³/mol. The maximum Gasteiger partial charge on any atom is -0.0311 e. The van der Waals surface area contributed by atoms with Gasteiger partial charge in [0.1, 0.15) is 0 Å². The van der Waals surface area contributed by atoms with Crippen molar-refractivity contribution in [1.82, 2.24) is 0 Å². The van der Waals surface area contributed by atoms with Crippen molar-refractivity contribution in [2.45, 2.75) is 26.7 Å². The van der Waals surface area contributed by atoms with Crippen LogP contribution in [0.5, 0.6) is 0 Å². The van der Waals surface area contributed by atoms with Crippen LogP contribution in [-0.2, 0) is 0 Å². The molecule has 0 bridgehead atoms. The van der Waals surface area contributed by atoms with Gasteiger partial charge in [0.25, 0.3) is 0 Å². The molecule has 0 unspecified atom stereocenters. The highest BCUT2D eigenvalue weighted by Gasteiger charge is 1.90. The van der Waals surface area contributed by atoms with Crippen molar-refractivity contribution in [2.75, 3.05) is 0 Å². The molecular formula is C8H14. The highest BCUT2D eigenvalue weighted by atomic mass is 14.0. The average molecular weight is 110 g/mol. The van der Waals surface area contributed by atoms with Gasteiger partial charge in [0, 0.05) is 0 Å². The van der Waals surface area contributed by atoms with Crippen molar-refractivity contribution in [3.63, 3.8) is 0 Å². The Kier molecular flexibility index (Phi) is 3.25. The summed E-state index contributed by atoms with van der Waals surface area (Å²) in [6.45, 7) is 11.9. The van der Waals surface area contributed by atoms with Crippen LogP contribution in [0.25, 0.3) is 0 Å². The number of rotatable bonds is 3. The fourth-order valence-corrected chi connectivity index (χ4v) is 0.500. The third kappa shape index (κ3) is 1.97. The van der Waals surface area contributed by atoms with Crippen LogP contribution < -0.4 is 0 Å². The monoisotopic (exact) mass is 110 g/mol. The quantitative estimate of drug-likeness (QED) is 0.490. The van der Waals surface area contributed by atoms with Gasteiger partial charge < -0.3 is 0 Å². The Balaban J connectivity index is 3.64. The van der Waals surface area contributed by atoms with Crippen LogP contribution >= 0.6 is 0 Å². The van der Waals surface area contributed by atoms with E-state index < -0.39 is 0 Å². The molecule has 0 heterocycles. The predicted octanol–water partition coefficient (Wildman–Crippen LogP) is 2.92. The molecule has 0 aromatic rings. The Labute approximate surface area is 51.9 Å². The zero-order valence-corrected chi connectivity index (χ0v) is 5.83. The summed E-state index contributed by atoms with van der Waals surface area (Å²) in [4.78, 5) is 0.